The second-order valence-corrected chi connectivity index (χ2v) is 6.95. The van der Waals surface area contributed by atoms with Crippen molar-refractivity contribution in [2.24, 2.45) is 0 Å². The molecule has 1 saturated carbocycles. The molecule has 1 fully saturated rings. The largest absolute Gasteiger partial charge is 0.330 e. The first-order chi connectivity index (χ1) is 11.7. The molecule has 5 heteroatoms. The Morgan fingerprint density at radius 3 is 2.67 bits per heavy atom. The lowest BCUT2D eigenvalue weighted by Crippen LogP contribution is -2.33. The molecular formula is C19H16BrN3O. The molecule has 1 amide bonds. The Balaban J connectivity index is 1.63. The van der Waals surface area contributed by atoms with Gasteiger partial charge in [0.05, 0.1) is 17.2 Å². The molecule has 4 rings (SSSR count). The Morgan fingerprint density at radius 2 is 1.92 bits per heavy atom. The standard InChI is InChI=1S/C19H16BrN3O/c20-14-5-3-4-13(10-14)12-23(15-8-9-15)19(24)18-11-21-16-6-1-2-7-17(16)22-18/h1-7,10-11,15H,8-9,12H2. The Kier molecular flexibility index (Phi) is 4.02. The number of rotatable bonds is 4. The summed E-state index contributed by atoms with van der Waals surface area (Å²) in [6, 6.07) is 16.0. The molecule has 0 unspecified atom stereocenters. The predicted molar refractivity (Wildman–Crippen MR) is 96.6 cm³/mol. The van der Waals surface area contributed by atoms with Gasteiger partial charge in [0.2, 0.25) is 0 Å². The highest BCUT2D eigenvalue weighted by atomic mass is 79.9. The number of benzene rings is 2. The zero-order valence-corrected chi connectivity index (χ0v) is 14.6. The van der Waals surface area contributed by atoms with Crippen LogP contribution in [0.25, 0.3) is 11.0 Å². The molecule has 0 spiro atoms. The zero-order chi connectivity index (χ0) is 16.5. The van der Waals surface area contributed by atoms with Gasteiger partial charge in [0.15, 0.2) is 0 Å². The van der Waals surface area contributed by atoms with Gasteiger partial charge in [-0.3, -0.25) is 9.78 Å². The van der Waals surface area contributed by atoms with Crippen LogP contribution in [0.3, 0.4) is 0 Å². The van der Waals surface area contributed by atoms with Crippen molar-refractivity contribution in [1.82, 2.24) is 14.9 Å². The van der Waals surface area contributed by atoms with Gasteiger partial charge in [-0.05, 0) is 42.7 Å². The van der Waals surface area contributed by atoms with Crippen molar-refractivity contribution in [2.75, 3.05) is 0 Å². The van der Waals surface area contributed by atoms with Crippen molar-refractivity contribution >= 4 is 32.9 Å². The van der Waals surface area contributed by atoms with E-state index in [1.54, 1.807) is 6.20 Å². The molecule has 3 aromatic rings. The minimum Gasteiger partial charge on any atom is -0.330 e. The Bertz CT molecular complexity index is 908. The number of halogens is 1. The normalized spacial score (nSPS) is 13.9. The van der Waals surface area contributed by atoms with E-state index < -0.39 is 0 Å². The van der Waals surface area contributed by atoms with Crippen LogP contribution in [0, 0.1) is 0 Å². The molecule has 0 saturated heterocycles. The number of para-hydroxylation sites is 2. The monoisotopic (exact) mass is 381 g/mol. The Morgan fingerprint density at radius 1 is 1.12 bits per heavy atom. The highest BCUT2D eigenvalue weighted by molar-refractivity contribution is 9.10. The summed E-state index contributed by atoms with van der Waals surface area (Å²) in [5.74, 6) is -0.0456. The van der Waals surface area contributed by atoms with Crippen LogP contribution < -0.4 is 0 Å². The SMILES string of the molecule is O=C(c1cnc2ccccc2n1)N(Cc1cccc(Br)c1)C1CC1. The van der Waals surface area contributed by atoms with Crippen LogP contribution in [-0.2, 0) is 6.54 Å². The van der Waals surface area contributed by atoms with Gasteiger partial charge in [-0.25, -0.2) is 4.98 Å². The van der Waals surface area contributed by atoms with E-state index in [-0.39, 0.29) is 5.91 Å². The summed E-state index contributed by atoms with van der Waals surface area (Å²) in [6.07, 6.45) is 3.70. The highest BCUT2D eigenvalue weighted by Gasteiger charge is 2.33. The average Bonchev–Trinajstić information content (AvgIpc) is 3.44. The van der Waals surface area contributed by atoms with Gasteiger partial charge < -0.3 is 4.90 Å². The van der Waals surface area contributed by atoms with Crippen LogP contribution in [0.4, 0.5) is 0 Å². The highest BCUT2D eigenvalue weighted by Crippen LogP contribution is 2.30. The van der Waals surface area contributed by atoms with Crippen LogP contribution in [0.2, 0.25) is 0 Å². The quantitative estimate of drug-likeness (QED) is 0.680. The van der Waals surface area contributed by atoms with E-state index in [1.165, 1.54) is 0 Å². The van der Waals surface area contributed by atoms with Crippen LogP contribution >= 0.6 is 15.9 Å². The number of carbonyl (C=O) groups is 1. The lowest BCUT2D eigenvalue weighted by atomic mass is 10.2. The number of hydrogen-bond donors (Lipinski definition) is 0. The van der Waals surface area contributed by atoms with Crippen molar-refractivity contribution in [3.8, 4) is 0 Å². The van der Waals surface area contributed by atoms with Gasteiger partial charge in [0.1, 0.15) is 5.69 Å². The first-order valence-corrected chi connectivity index (χ1v) is 8.77. The van der Waals surface area contributed by atoms with E-state index in [0.29, 0.717) is 18.3 Å². The number of amides is 1. The summed E-state index contributed by atoms with van der Waals surface area (Å²) in [5, 5.41) is 0. The summed E-state index contributed by atoms with van der Waals surface area (Å²) in [5.41, 5.74) is 3.08. The predicted octanol–water partition coefficient (Wildman–Crippen LogP) is 4.20. The van der Waals surface area contributed by atoms with Gasteiger partial charge in [-0.15, -0.1) is 0 Å². The molecule has 1 aliphatic carbocycles. The lowest BCUT2D eigenvalue weighted by Gasteiger charge is -2.22. The Labute approximate surface area is 148 Å². The zero-order valence-electron chi connectivity index (χ0n) is 13.0. The first-order valence-electron chi connectivity index (χ1n) is 7.98. The first kappa shape index (κ1) is 15.3. The molecule has 1 aromatic heterocycles. The van der Waals surface area contributed by atoms with Crippen molar-refractivity contribution in [2.45, 2.75) is 25.4 Å². The fraction of sp³-hybridized carbons (Fsp3) is 0.211. The molecule has 0 bridgehead atoms. The molecule has 120 valence electrons. The summed E-state index contributed by atoms with van der Waals surface area (Å²) < 4.78 is 1.02. The summed E-state index contributed by atoms with van der Waals surface area (Å²) in [4.78, 5) is 23.8. The number of hydrogen-bond acceptors (Lipinski definition) is 3. The number of fused-ring (bicyclic) bond motifs is 1. The van der Waals surface area contributed by atoms with E-state index >= 15 is 0 Å². The molecular weight excluding hydrogens is 366 g/mol. The fourth-order valence-corrected chi connectivity index (χ4v) is 3.24. The van der Waals surface area contributed by atoms with E-state index in [0.717, 1.165) is 33.9 Å². The van der Waals surface area contributed by atoms with Crippen molar-refractivity contribution in [3.63, 3.8) is 0 Å². The van der Waals surface area contributed by atoms with Crippen molar-refractivity contribution in [1.29, 1.82) is 0 Å². The third-order valence-electron chi connectivity index (χ3n) is 4.16. The minimum atomic E-state index is -0.0456. The second-order valence-electron chi connectivity index (χ2n) is 6.04. The van der Waals surface area contributed by atoms with Crippen LogP contribution in [0.1, 0.15) is 28.9 Å². The van der Waals surface area contributed by atoms with Crippen LogP contribution in [0.15, 0.2) is 59.2 Å². The maximum Gasteiger partial charge on any atom is 0.274 e. The average molecular weight is 382 g/mol. The molecule has 1 aliphatic rings. The molecule has 0 radical (unpaired) electrons. The molecule has 0 atom stereocenters. The van der Waals surface area contributed by atoms with Gasteiger partial charge in [-0.2, -0.15) is 0 Å². The van der Waals surface area contributed by atoms with Gasteiger partial charge >= 0.3 is 0 Å². The lowest BCUT2D eigenvalue weighted by molar-refractivity contribution is 0.0724. The Hall–Kier alpha value is -2.27. The summed E-state index contributed by atoms with van der Waals surface area (Å²) >= 11 is 3.49. The smallest absolute Gasteiger partial charge is 0.274 e. The van der Waals surface area contributed by atoms with E-state index in [2.05, 4.69) is 32.0 Å². The van der Waals surface area contributed by atoms with Crippen molar-refractivity contribution in [3.05, 3.63) is 70.5 Å². The van der Waals surface area contributed by atoms with E-state index in [1.807, 2.05) is 47.4 Å². The number of nitrogens with zero attached hydrogens (tertiary/aromatic N) is 3. The molecule has 1 heterocycles. The van der Waals surface area contributed by atoms with E-state index in [4.69, 9.17) is 0 Å². The molecule has 24 heavy (non-hydrogen) atoms. The minimum absolute atomic E-state index is 0.0456. The second kappa shape index (κ2) is 6.32. The maximum absolute atomic E-state index is 13.0. The van der Waals surface area contributed by atoms with E-state index in [9.17, 15) is 4.79 Å². The number of aromatic nitrogens is 2. The van der Waals surface area contributed by atoms with Crippen molar-refractivity contribution < 1.29 is 4.79 Å². The number of carbonyl (C=O) groups excluding carboxylic acids is 1. The fourth-order valence-electron chi connectivity index (χ4n) is 2.79. The van der Waals surface area contributed by atoms with Crippen LogP contribution in [-0.4, -0.2) is 26.8 Å². The molecule has 0 N–H and O–H groups in total. The maximum atomic E-state index is 13.0. The van der Waals surface area contributed by atoms with Gasteiger partial charge in [0.25, 0.3) is 5.91 Å². The molecule has 2 aromatic carbocycles. The topological polar surface area (TPSA) is 46.1 Å². The molecule has 0 aliphatic heterocycles. The van der Waals surface area contributed by atoms with Gasteiger partial charge in [0, 0.05) is 17.1 Å². The summed E-state index contributed by atoms with van der Waals surface area (Å²) in [7, 11) is 0. The summed E-state index contributed by atoms with van der Waals surface area (Å²) in [6.45, 7) is 0.595. The van der Waals surface area contributed by atoms with Gasteiger partial charge in [-0.1, -0.05) is 40.2 Å². The third-order valence-corrected chi connectivity index (χ3v) is 4.65. The van der Waals surface area contributed by atoms with Crippen LogP contribution in [0.5, 0.6) is 0 Å². The molecule has 4 nitrogen and oxygen atoms in total. The third kappa shape index (κ3) is 3.17.